The summed E-state index contributed by atoms with van der Waals surface area (Å²) in [7, 11) is 0. The predicted octanol–water partition coefficient (Wildman–Crippen LogP) is 3.68. The maximum absolute atomic E-state index is 6.15. The first-order chi connectivity index (χ1) is 8.70. The highest BCUT2D eigenvalue weighted by atomic mass is 35.5. The quantitative estimate of drug-likeness (QED) is 0.849. The van der Waals surface area contributed by atoms with Crippen LogP contribution in [0.1, 0.15) is 19.0 Å². The normalized spacial score (nSPS) is 10.8. The first-order valence-corrected chi connectivity index (χ1v) is 6.65. The number of aromatic nitrogens is 2. The number of nitrogens with zero attached hydrogens (tertiary/aromatic N) is 2. The van der Waals surface area contributed by atoms with E-state index in [9.17, 15) is 0 Å². The van der Waals surface area contributed by atoms with Crippen molar-refractivity contribution < 1.29 is 0 Å². The summed E-state index contributed by atoms with van der Waals surface area (Å²) in [6.07, 6.45) is 4.85. The average molecular weight is 284 g/mol. The van der Waals surface area contributed by atoms with Gasteiger partial charge in [0.25, 0.3) is 0 Å². The van der Waals surface area contributed by atoms with Crippen LogP contribution in [0.2, 0.25) is 10.0 Å². The van der Waals surface area contributed by atoms with Gasteiger partial charge >= 0.3 is 0 Å². The van der Waals surface area contributed by atoms with Gasteiger partial charge in [-0.15, -0.1) is 0 Å². The SMILES string of the molecule is CCCNCc1cn(-c2ccc(Cl)cc2Cl)cn1. The Hall–Kier alpha value is -1.03. The first kappa shape index (κ1) is 13.4. The van der Waals surface area contributed by atoms with Crippen LogP contribution in [0.25, 0.3) is 5.69 Å². The van der Waals surface area contributed by atoms with Crippen molar-refractivity contribution in [2.45, 2.75) is 19.9 Å². The monoisotopic (exact) mass is 283 g/mol. The molecule has 1 N–H and O–H groups in total. The second-order valence-electron chi connectivity index (χ2n) is 4.04. The van der Waals surface area contributed by atoms with Gasteiger partial charge in [-0.2, -0.15) is 0 Å². The van der Waals surface area contributed by atoms with E-state index in [4.69, 9.17) is 23.2 Å². The lowest BCUT2D eigenvalue weighted by Crippen LogP contribution is -2.13. The standard InChI is InChI=1S/C13H15Cl2N3/c1-2-5-16-7-11-8-18(9-17-11)13-4-3-10(14)6-12(13)15/h3-4,6,8-9,16H,2,5,7H2,1H3. The Morgan fingerprint density at radius 1 is 1.33 bits per heavy atom. The van der Waals surface area contributed by atoms with Crippen LogP contribution in [0.5, 0.6) is 0 Å². The average Bonchev–Trinajstić information content (AvgIpc) is 2.78. The summed E-state index contributed by atoms with van der Waals surface area (Å²) in [5.74, 6) is 0. The van der Waals surface area contributed by atoms with Crippen molar-refractivity contribution in [3.8, 4) is 5.69 Å². The molecule has 0 aliphatic carbocycles. The van der Waals surface area contributed by atoms with E-state index in [0.29, 0.717) is 10.0 Å². The fourth-order valence-corrected chi connectivity index (χ4v) is 2.18. The Morgan fingerprint density at radius 3 is 2.89 bits per heavy atom. The molecule has 0 saturated heterocycles. The number of halogens is 2. The zero-order chi connectivity index (χ0) is 13.0. The summed E-state index contributed by atoms with van der Waals surface area (Å²) in [4.78, 5) is 4.34. The van der Waals surface area contributed by atoms with Gasteiger partial charge in [-0.05, 0) is 31.2 Å². The van der Waals surface area contributed by atoms with Crippen molar-refractivity contribution in [3.05, 3.63) is 46.5 Å². The van der Waals surface area contributed by atoms with Crippen LogP contribution >= 0.6 is 23.2 Å². The summed E-state index contributed by atoms with van der Waals surface area (Å²) in [5.41, 5.74) is 1.88. The van der Waals surface area contributed by atoms with E-state index in [1.807, 2.05) is 22.9 Å². The zero-order valence-corrected chi connectivity index (χ0v) is 11.7. The van der Waals surface area contributed by atoms with E-state index in [1.54, 1.807) is 12.4 Å². The maximum atomic E-state index is 6.15. The van der Waals surface area contributed by atoms with Crippen molar-refractivity contribution in [2.24, 2.45) is 0 Å². The molecule has 0 amide bonds. The molecule has 0 spiro atoms. The Kier molecular flexibility index (Phi) is 4.64. The van der Waals surface area contributed by atoms with Crippen LogP contribution in [-0.2, 0) is 6.54 Å². The van der Waals surface area contributed by atoms with Gasteiger partial charge in [0, 0.05) is 17.8 Å². The van der Waals surface area contributed by atoms with Gasteiger partial charge in [0.2, 0.25) is 0 Å². The van der Waals surface area contributed by atoms with Gasteiger partial charge in [-0.3, -0.25) is 0 Å². The van der Waals surface area contributed by atoms with Crippen LogP contribution in [-0.4, -0.2) is 16.1 Å². The number of rotatable bonds is 5. The van der Waals surface area contributed by atoms with Crippen molar-refractivity contribution >= 4 is 23.2 Å². The van der Waals surface area contributed by atoms with E-state index >= 15 is 0 Å². The molecule has 0 aliphatic heterocycles. The second-order valence-corrected chi connectivity index (χ2v) is 4.89. The molecule has 5 heteroatoms. The molecule has 0 bridgehead atoms. The topological polar surface area (TPSA) is 29.9 Å². The van der Waals surface area contributed by atoms with Gasteiger partial charge in [0.1, 0.15) is 0 Å². The lowest BCUT2D eigenvalue weighted by atomic mass is 10.3. The molecule has 2 rings (SSSR count). The molecule has 18 heavy (non-hydrogen) atoms. The Balaban J connectivity index is 2.13. The third-order valence-electron chi connectivity index (χ3n) is 2.56. The lowest BCUT2D eigenvalue weighted by molar-refractivity contribution is 0.666. The number of benzene rings is 1. The molecule has 1 heterocycles. The van der Waals surface area contributed by atoms with Crippen LogP contribution in [0, 0.1) is 0 Å². The van der Waals surface area contributed by atoms with E-state index in [2.05, 4.69) is 17.2 Å². The molecule has 0 atom stereocenters. The molecule has 3 nitrogen and oxygen atoms in total. The molecule has 1 aromatic carbocycles. The van der Waals surface area contributed by atoms with E-state index in [-0.39, 0.29) is 0 Å². The third kappa shape index (κ3) is 3.25. The maximum Gasteiger partial charge on any atom is 0.0996 e. The van der Waals surface area contributed by atoms with Crippen molar-refractivity contribution in [1.82, 2.24) is 14.9 Å². The van der Waals surface area contributed by atoms with Crippen LogP contribution in [0.4, 0.5) is 0 Å². The highest BCUT2D eigenvalue weighted by Crippen LogP contribution is 2.24. The molecule has 0 saturated carbocycles. The summed E-state index contributed by atoms with van der Waals surface area (Å²) < 4.78 is 1.90. The Labute approximate surface area is 117 Å². The number of nitrogens with one attached hydrogen (secondary N) is 1. The largest absolute Gasteiger partial charge is 0.311 e. The van der Waals surface area contributed by atoms with E-state index in [1.165, 1.54) is 0 Å². The molecule has 0 fully saturated rings. The molecular weight excluding hydrogens is 269 g/mol. The number of hydrogen-bond acceptors (Lipinski definition) is 2. The third-order valence-corrected chi connectivity index (χ3v) is 3.09. The summed E-state index contributed by atoms with van der Waals surface area (Å²) in [6.45, 7) is 3.90. The molecule has 0 unspecified atom stereocenters. The first-order valence-electron chi connectivity index (χ1n) is 5.89. The minimum atomic E-state index is 0.618. The molecule has 2 aromatic rings. The Bertz CT molecular complexity index is 523. The van der Waals surface area contributed by atoms with Crippen molar-refractivity contribution in [1.29, 1.82) is 0 Å². The summed E-state index contributed by atoms with van der Waals surface area (Å²) in [5, 5.41) is 4.56. The number of imidazole rings is 1. The van der Waals surface area contributed by atoms with Gasteiger partial charge in [0.15, 0.2) is 0 Å². The predicted molar refractivity (Wildman–Crippen MR) is 75.6 cm³/mol. The minimum absolute atomic E-state index is 0.618. The summed E-state index contributed by atoms with van der Waals surface area (Å²) in [6, 6.07) is 5.43. The Morgan fingerprint density at radius 2 is 2.17 bits per heavy atom. The highest BCUT2D eigenvalue weighted by Gasteiger charge is 2.05. The van der Waals surface area contributed by atoms with Gasteiger partial charge in [-0.25, -0.2) is 4.98 Å². The van der Waals surface area contributed by atoms with Crippen LogP contribution in [0.15, 0.2) is 30.7 Å². The minimum Gasteiger partial charge on any atom is -0.311 e. The van der Waals surface area contributed by atoms with Crippen molar-refractivity contribution in [2.75, 3.05) is 6.54 Å². The fourth-order valence-electron chi connectivity index (χ4n) is 1.67. The fraction of sp³-hybridized carbons (Fsp3) is 0.308. The smallest absolute Gasteiger partial charge is 0.0996 e. The van der Waals surface area contributed by atoms with E-state index in [0.717, 1.165) is 30.9 Å². The molecule has 1 aromatic heterocycles. The van der Waals surface area contributed by atoms with E-state index < -0.39 is 0 Å². The molecule has 96 valence electrons. The van der Waals surface area contributed by atoms with Crippen LogP contribution < -0.4 is 5.32 Å². The van der Waals surface area contributed by atoms with Crippen molar-refractivity contribution in [3.63, 3.8) is 0 Å². The number of hydrogen-bond donors (Lipinski definition) is 1. The lowest BCUT2D eigenvalue weighted by Gasteiger charge is -2.04. The molecule has 0 radical (unpaired) electrons. The highest BCUT2D eigenvalue weighted by molar-refractivity contribution is 6.35. The molecule has 0 aliphatic rings. The van der Waals surface area contributed by atoms with Gasteiger partial charge in [-0.1, -0.05) is 30.1 Å². The second kappa shape index (κ2) is 6.23. The van der Waals surface area contributed by atoms with Gasteiger partial charge in [0.05, 0.1) is 22.7 Å². The molecular formula is C13H15Cl2N3. The summed E-state index contributed by atoms with van der Waals surface area (Å²) >= 11 is 12.0. The van der Waals surface area contributed by atoms with Crippen LogP contribution in [0.3, 0.4) is 0 Å². The van der Waals surface area contributed by atoms with Gasteiger partial charge < -0.3 is 9.88 Å². The zero-order valence-electron chi connectivity index (χ0n) is 10.2.